The maximum atomic E-state index is 3.48. The first-order chi connectivity index (χ1) is 28.5. The molecule has 0 aromatic carbocycles. The third-order valence-corrected chi connectivity index (χ3v) is 10.8. The van der Waals surface area contributed by atoms with Crippen LogP contribution in [0.25, 0.3) is 0 Å². The van der Waals surface area contributed by atoms with E-state index in [0.717, 1.165) is 90.6 Å². The molecule has 374 valence electrons. The van der Waals surface area contributed by atoms with Gasteiger partial charge in [-0.1, -0.05) is 184 Å². The average Bonchev–Trinajstić information content (AvgIpc) is 3.95. The lowest BCUT2D eigenvalue weighted by Crippen LogP contribution is -2.31. The van der Waals surface area contributed by atoms with Crippen molar-refractivity contribution in [3.8, 4) is 0 Å². The normalized spacial score (nSPS) is 14.0. The van der Waals surface area contributed by atoms with E-state index in [-0.39, 0.29) is 0 Å². The van der Waals surface area contributed by atoms with Crippen LogP contribution in [0.3, 0.4) is 0 Å². The summed E-state index contributed by atoms with van der Waals surface area (Å²) in [5.41, 5.74) is 0. The van der Waals surface area contributed by atoms with Crippen LogP contribution in [0.4, 0.5) is 0 Å². The van der Waals surface area contributed by atoms with Crippen molar-refractivity contribution < 1.29 is 0 Å². The van der Waals surface area contributed by atoms with E-state index < -0.39 is 0 Å². The van der Waals surface area contributed by atoms with Crippen molar-refractivity contribution in [2.24, 2.45) is 71.0 Å². The molecular weight excluding hydrogens is 743 g/mol. The van der Waals surface area contributed by atoms with Crippen LogP contribution in [-0.2, 0) is 0 Å². The number of hydrogen-bond donors (Lipinski definition) is 4. The summed E-state index contributed by atoms with van der Waals surface area (Å²) in [5.74, 6) is 10.3. The standard InChI is InChI=1S/C14H31N.2C10H21N.C9H21N.C8H19N.C5H12/c1-12(2)7-9-15(11-14(5)6)10-8-13(3)4;1-9(2)8-11-7-3-4-10-5-6-10;1-9(2)8-11-7-6-10-4-3-5-10;1-8(2)5-6-10-7-9(3)4;1-7(2)5-9-6-8(3)4;1-4-5(2)3/h12-14H,7-11H2,1-6H3;2*9-11H,3-8H2,1-2H3;8-10H,5-7H2,1-4H3;7-9H,5-6H2,1-4H3;5H,4H2,1-3H3. The first-order valence-electron chi connectivity index (χ1n) is 27.1. The zero-order valence-corrected chi connectivity index (χ0v) is 46.6. The highest BCUT2D eigenvalue weighted by Gasteiger charge is 2.20. The molecule has 0 amide bonds. The first-order valence-corrected chi connectivity index (χ1v) is 27.1. The highest BCUT2D eigenvalue weighted by atomic mass is 15.1. The van der Waals surface area contributed by atoms with Crippen molar-refractivity contribution in [1.29, 1.82) is 0 Å². The fraction of sp³-hybridized carbons (Fsp3) is 1.00. The maximum Gasteiger partial charge on any atom is 0.000439 e. The molecule has 0 heterocycles. The van der Waals surface area contributed by atoms with E-state index in [1.54, 1.807) is 0 Å². The van der Waals surface area contributed by atoms with E-state index in [1.165, 1.54) is 129 Å². The van der Waals surface area contributed by atoms with Crippen LogP contribution in [0.15, 0.2) is 0 Å². The van der Waals surface area contributed by atoms with Gasteiger partial charge in [-0.3, -0.25) is 0 Å². The molecule has 2 rings (SSSR count). The minimum absolute atomic E-state index is 0.781. The van der Waals surface area contributed by atoms with Gasteiger partial charge in [-0.15, -0.1) is 0 Å². The van der Waals surface area contributed by atoms with Crippen molar-refractivity contribution in [2.45, 2.75) is 222 Å². The Hall–Kier alpha value is -0.200. The van der Waals surface area contributed by atoms with Crippen LogP contribution in [0, 0.1) is 71.0 Å². The summed E-state index contributed by atoms with van der Waals surface area (Å²) in [7, 11) is 0. The Morgan fingerprint density at radius 1 is 0.377 bits per heavy atom. The molecule has 0 bridgehead atoms. The van der Waals surface area contributed by atoms with E-state index in [0.29, 0.717) is 0 Å². The van der Waals surface area contributed by atoms with Crippen LogP contribution in [-0.4, -0.2) is 76.9 Å². The van der Waals surface area contributed by atoms with Gasteiger partial charge in [-0.2, -0.15) is 0 Å². The molecule has 0 unspecified atom stereocenters. The summed E-state index contributed by atoms with van der Waals surface area (Å²) in [6.45, 7) is 60.8. The highest BCUT2D eigenvalue weighted by Crippen LogP contribution is 2.33. The second-order valence-electron chi connectivity index (χ2n) is 23.5. The quantitative estimate of drug-likeness (QED) is 0.0565. The average molecular weight is 869 g/mol. The van der Waals surface area contributed by atoms with Crippen molar-refractivity contribution in [3.05, 3.63) is 0 Å². The predicted octanol–water partition coefficient (Wildman–Crippen LogP) is 15.1. The molecule has 5 nitrogen and oxygen atoms in total. The van der Waals surface area contributed by atoms with Gasteiger partial charge in [0.25, 0.3) is 0 Å². The van der Waals surface area contributed by atoms with Crippen LogP contribution in [0.2, 0.25) is 0 Å². The summed E-state index contributed by atoms with van der Waals surface area (Å²) >= 11 is 0. The summed E-state index contributed by atoms with van der Waals surface area (Å²) in [6, 6.07) is 0. The van der Waals surface area contributed by atoms with Gasteiger partial charge in [0, 0.05) is 6.54 Å². The molecule has 2 aliphatic rings. The Balaban J connectivity index is -0.000000327. The third-order valence-electron chi connectivity index (χ3n) is 10.8. The SMILES string of the molecule is CC(C)CCN(CCC(C)C)CC(C)C.CC(C)CCNCC(C)C.CC(C)CNCC(C)C.CC(C)CNCCC1CCC1.CC(C)CNCCCC1CC1.CCC(C)C. The molecule has 0 aromatic heterocycles. The Bertz CT molecular complexity index is 761. The monoisotopic (exact) mass is 868 g/mol. The largest absolute Gasteiger partial charge is 0.316 e. The number of nitrogens with zero attached hydrogens (tertiary/aromatic N) is 1. The van der Waals surface area contributed by atoms with Crippen molar-refractivity contribution >= 4 is 0 Å². The number of nitrogens with one attached hydrogen (secondary N) is 4. The maximum absolute atomic E-state index is 3.48. The van der Waals surface area contributed by atoms with Crippen LogP contribution in [0.1, 0.15) is 222 Å². The molecule has 0 spiro atoms. The molecule has 0 radical (unpaired) electrons. The third kappa shape index (κ3) is 71.7. The van der Waals surface area contributed by atoms with Gasteiger partial charge in [-0.25, -0.2) is 0 Å². The molecule has 61 heavy (non-hydrogen) atoms. The Kier molecular flexibility index (Phi) is 52.8. The van der Waals surface area contributed by atoms with E-state index in [1.807, 2.05) is 0 Å². The minimum Gasteiger partial charge on any atom is -0.316 e. The Morgan fingerprint density at radius 2 is 0.738 bits per heavy atom. The summed E-state index contributed by atoms with van der Waals surface area (Å²) in [6.07, 6.45) is 17.0. The van der Waals surface area contributed by atoms with Gasteiger partial charge < -0.3 is 26.2 Å². The van der Waals surface area contributed by atoms with E-state index in [2.05, 4.69) is 172 Å². The molecule has 0 atom stereocenters. The number of rotatable bonds is 29. The van der Waals surface area contributed by atoms with Gasteiger partial charge >= 0.3 is 0 Å². The lowest BCUT2D eigenvalue weighted by molar-refractivity contribution is 0.219. The molecule has 2 fully saturated rings. The fourth-order valence-electron chi connectivity index (χ4n) is 5.93. The molecule has 0 aromatic rings. The molecule has 4 N–H and O–H groups in total. The lowest BCUT2D eigenvalue weighted by Gasteiger charge is -2.25. The van der Waals surface area contributed by atoms with Gasteiger partial charge in [0.2, 0.25) is 0 Å². The van der Waals surface area contributed by atoms with Gasteiger partial charge in [0.15, 0.2) is 0 Å². The van der Waals surface area contributed by atoms with Crippen molar-refractivity contribution in [3.63, 3.8) is 0 Å². The second-order valence-corrected chi connectivity index (χ2v) is 23.5. The lowest BCUT2D eigenvalue weighted by atomic mass is 9.83. The molecule has 0 saturated heterocycles. The summed E-state index contributed by atoms with van der Waals surface area (Å²) in [5, 5.41) is 13.8. The van der Waals surface area contributed by atoms with Crippen molar-refractivity contribution in [1.82, 2.24) is 26.2 Å². The van der Waals surface area contributed by atoms with Crippen LogP contribution >= 0.6 is 0 Å². The summed E-state index contributed by atoms with van der Waals surface area (Å²) in [4.78, 5) is 2.64. The van der Waals surface area contributed by atoms with Crippen molar-refractivity contribution in [2.75, 3.05) is 72.0 Å². The van der Waals surface area contributed by atoms with E-state index >= 15 is 0 Å². The molecule has 0 aliphatic heterocycles. The van der Waals surface area contributed by atoms with E-state index in [4.69, 9.17) is 0 Å². The zero-order valence-electron chi connectivity index (χ0n) is 46.6. The predicted molar refractivity (Wildman–Crippen MR) is 284 cm³/mol. The first kappa shape index (κ1) is 67.4. The van der Waals surface area contributed by atoms with E-state index in [9.17, 15) is 0 Å². The smallest absolute Gasteiger partial charge is 0.000439 e. The van der Waals surface area contributed by atoms with Crippen LogP contribution in [0.5, 0.6) is 0 Å². The molecule has 2 saturated carbocycles. The molecular formula is C56H125N5. The Labute approximate surface area is 390 Å². The second kappa shape index (κ2) is 47.8. The summed E-state index contributed by atoms with van der Waals surface area (Å²) < 4.78 is 0. The van der Waals surface area contributed by atoms with Gasteiger partial charge in [0.1, 0.15) is 0 Å². The highest BCUT2D eigenvalue weighted by molar-refractivity contribution is 4.73. The Morgan fingerprint density at radius 3 is 1.05 bits per heavy atom. The molecule has 5 heteroatoms. The van der Waals surface area contributed by atoms with Gasteiger partial charge in [-0.05, 0) is 175 Å². The number of hydrogen-bond acceptors (Lipinski definition) is 5. The zero-order chi connectivity index (χ0) is 47.6. The molecule has 2 aliphatic carbocycles. The van der Waals surface area contributed by atoms with Gasteiger partial charge in [0.05, 0.1) is 0 Å². The minimum atomic E-state index is 0.781. The fourth-order valence-corrected chi connectivity index (χ4v) is 5.93. The topological polar surface area (TPSA) is 51.4 Å². The van der Waals surface area contributed by atoms with Crippen LogP contribution < -0.4 is 21.3 Å².